The number of hydrogen-bond donors (Lipinski definition) is 2. The van der Waals surface area contributed by atoms with Crippen LogP contribution in [0.4, 0.5) is 0 Å². The maximum absolute atomic E-state index is 11.4. The molecule has 1 aromatic carbocycles. The summed E-state index contributed by atoms with van der Waals surface area (Å²) in [6, 6.07) is 6.30. The number of nitrogens with one attached hydrogen (secondary N) is 1. The molecule has 0 aliphatic rings. The van der Waals surface area contributed by atoms with Gasteiger partial charge in [0.2, 0.25) is 5.91 Å². The number of carbonyl (C=O) groups excluding carboxylic acids is 1. The zero-order chi connectivity index (χ0) is 13.8. The van der Waals surface area contributed by atoms with E-state index < -0.39 is 9.84 Å². The number of halogens is 1. The Hall–Kier alpha value is -1.11. The minimum atomic E-state index is -3.18. The molecule has 0 aliphatic heterocycles. The molecule has 0 saturated heterocycles. The van der Waals surface area contributed by atoms with Gasteiger partial charge in [-0.3, -0.25) is 4.79 Å². The molecule has 0 heterocycles. The van der Waals surface area contributed by atoms with Crippen molar-refractivity contribution in [3.05, 3.63) is 29.8 Å². The second-order valence-corrected chi connectivity index (χ2v) is 6.18. The van der Waals surface area contributed by atoms with Crippen molar-refractivity contribution in [2.24, 2.45) is 5.73 Å². The summed E-state index contributed by atoms with van der Waals surface area (Å²) in [6.07, 6.45) is 1.44. The van der Waals surface area contributed by atoms with Gasteiger partial charge in [-0.25, -0.2) is 8.42 Å². The van der Waals surface area contributed by atoms with Gasteiger partial charge in [0.15, 0.2) is 9.84 Å². The molecule has 108 valence electrons. The molecule has 0 radical (unpaired) electrons. The second kappa shape index (κ2) is 7.47. The predicted molar refractivity (Wildman–Crippen MR) is 77.0 cm³/mol. The van der Waals surface area contributed by atoms with Gasteiger partial charge in [-0.15, -0.1) is 12.4 Å². The van der Waals surface area contributed by atoms with E-state index in [4.69, 9.17) is 5.73 Å². The van der Waals surface area contributed by atoms with Crippen molar-refractivity contribution in [2.75, 3.05) is 12.8 Å². The van der Waals surface area contributed by atoms with Gasteiger partial charge >= 0.3 is 0 Å². The number of benzene rings is 1. The summed E-state index contributed by atoms with van der Waals surface area (Å²) in [5.74, 6) is -0.114. The third-order valence-electron chi connectivity index (χ3n) is 2.56. The molecule has 1 atom stereocenters. The monoisotopic (exact) mass is 306 g/mol. The fourth-order valence-electron chi connectivity index (χ4n) is 1.53. The third-order valence-corrected chi connectivity index (χ3v) is 3.69. The van der Waals surface area contributed by atoms with Crippen LogP contribution in [0.5, 0.6) is 0 Å². The molecule has 1 amide bonds. The number of amides is 1. The molecule has 1 unspecified atom stereocenters. The molecule has 3 N–H and O–H groups in total. The Bertz CT molecular complexity index is 514. The lowest BCUT2D eigenvalue weighted by molar-refractivity contribution is -0.121. The first-order valence-corrected chi connectivity index (χ1v) is 7.53. The van der Waals surface area contributed by atoms with Gasteiger partial charge < -0.3 is 11.1 Å². The molecule has 1 rings (SSSR count). The van der Waals surface area contributed by atoms with Crippen LogP contribution in [0.1, 0.15) is 24.9 Å². The number of sulfone groups is 1. The normalized spacial score (nSPS) is 12.4. The minimum absolute atomic E-state index is 0. The fourth-order valence-corrected chi connectivity index (χ4v) is 2.16. The SMILES string of the molecule is CC(NC(=O)CCN)c1ccc(S(C)(=O)=O)cc1.Cl. The average molecular weight is 307 g/mol. The van der Waals surface area contributed by atoms with E-state index in [2.05, 4.69) is 5.32 Å². The first kappa shape index (κ1) is 17.9. The van der Waals surface area contributed by atoms with Gasteiger partial charge in [0.05, 0.1) is 10.9 Å². The first-order chi connectivity index (χ1) is 8.34. The summed E-state index contributed by atoms with van der Waals surface area (Å²) in [5, 5.41) is 2.79. The van der Waals surface area contributed by atoms with Crippen LogP contribution < -0.4 is 11.1 Å². The lowest BCUT2D eigenvalue weighted by Gasteiger charge is -2.14. The van der Waals surface area contributed by atoms with Crippen LogP contribution in [0.3, 0.4) is 0 Å². The zero-order valence-corrected chi connectivity index (χ0v) is 12.6. The van der Waals surface area contributed by atoms with Gasteiger partial charge in [-0.1, -0.05) is 12.1 Å². The number of nitrogens with two attached hydrogens (primary N) is 1. The lowest BCUT2D eigenvalue weighted by atomic mass is 10.1. The van der Waals surface area contributed by atoms with Crippen LogP contribution in [0.15, 0.2) is 29.2 Å². The molecular formula is C12H19ClN2O3S. The molecule has 1 aromatic rings. The summed E-state index contributed by atoms with van der Waals surface area (Å²) in [4.78, 5) is 11.6. The van der Waals surface area contributed by atoms with Crippen molar-refractivity contribution in [3.63, 3.8) is 0 Å². The van der Waals surface area contributed by atoms with Crippen LogP contribution in [0, 0.1) is 0 Å². The largest absolute Gasteiger partial charge is 0.350 e. The molecule has 19 heavy (non-hydrogen) atoms. The molecule has 0 aliphatic carbocycles. The third kappa shape index (κ3) is 5.59. The van der Waals surface area contributed by atoms with Crippen LogP contribution >= 0.6 is 12.4 Å². The lowest BCUT2D eigenvalue weighted by Crippen LogP contribution is -2.28. The highest BCUT2D eigenvalue weighted by Gasteiger charge is 2.11. The van der Waals surface area contributed by atoms with Crippen molar-refractivity contribution in [2.45, 2.75) is 24.3 Å². The Morgan fingerprint density at radius 1 is 1.32 bits per heavy atom. The average Bonchev–Trinajstić information content (AvgIpc) is 2.28. The Labute approximate surface area is 119 Å². The van der Waals surface area contributed by atoms with Crippen LogP contribution in [0.2, 0.25) is 0 Å². The summed E-state index contributed by atoms with van der Waals surface area (Å²) in [5.41, 5.74) is 6.14. The standard InChI is InChI=1S/C12H18N2O3S.ClH/c1-9(14-12(15)7-8-13)10-3-5-11(6-4-10)18(2,16)17;/h3-6,9H,7-8,13H2,1-2H3,(H,14,15);1H. The van der Waals surface area contributed by atoms with E-state index in [1.165, 1.54) is 12.1 Å². The highest BCUT2D eigenvalue weighted by atomic mass is 35.5. The topological polar surface area (TPSA) is 89.3 Å². The van der Waals surface area contributed by atoms with E-state index in [-0.39, 0.29) is 35.7 Å². The fraction of sp³-hybridized carbons (Fsp3) is 0.417. The highest BCUT2D eigenvalue weighted by Crippen LogP contribution is 2.16. The van der Waals surface area contributed by atoms with E-state index >= 15 is 0 Å². The van der Waals surface area contributed by atoms with E-state index in [9.17, 15) is 13.2 Å². The van der Waals surface area contributed by atoms with Crippen molar-refractivity contribution in [1.29, 1.82) is 0 Å². The first-order valence-electron chi connectivity index (χ1n) is 5.64. The Balaban J connectivity index is 0.00000324. The van der Waals surface area contributed by atoms with E-state index in [1.54, 1.807) is 12.1 Å². The van der Waals surface area contributed by atoms with Crippen LogP contribution in [0.25, 0.3) is 0 Å². The molecule has 0 fully saturated rings. The number of carbonyl (C=O) groups is 1. The smallest absolute Gasteiger partial charge is 0.221 e. The summed E-state index contributed by atoms with van der Waals surface area (Å²) in [6.45, 7) is 2.15. The van der Waals surface area contributed by atoms with Gasteiger partial charge in [-0.2, -0.15) is 0 Å². The predicted octanol–water partition coefficient (Wildman–Crippen LogP) is 1.04. The molecule has 5 nitrogen and oxygen atoms in total. The van der Waals surface area contributed by atoms with Gasteiger partial charge in [0.25, 0.3) is 0 Å². The van der Waals surface area contributed by atoms with Gasteiger partial charge in [0.1, 0.15) is 0 Å². The summed E-state index contributed by atoms with van der Waals surface area (Å²) < 4.78 is 22.6. The van der Waals surface area contributed by atoms with Crippen molar-refractivity contribution >= 4 is 28.2 Å². The molecule has 0 saturated carbocycles. The van der Waals surface area contributed by atoms with Crippen LogP contribution in [-0.4, -0.2) is 27.1 Å². The zero-order valence-electron chi connectivity index (χ0n) is 10.9. The molecule has 0 spiro atoms. The quantitative estimate of drug-likeness (QED) is 0.850. The summed E-state index contributed by atoms with van der Waals surface area (Å²) >= 11 is 0. The van der Waals surface area contributed by atoms with E-state index in [0.717, 1.165) is 11.8 Å². The maximum atomic E-state index is 11.4. The van der Waals surface area contributed by atoms with E-state index in [0.29, 0.717) is 6.54 Å². The van der Waals surface area contributed by atoms with Gasteiger partial charge in [0, 0.05) is 19.2 Å². The Morgan fingerprint density at radius 3 is 2.26 bits per heavy atom. The second-order valence-electron chi connectivity index (χ2n) is 4.17. The maximum Gasteiger partial charge on any atom is 0.221 e. The van der Waals surface area contributed by atoms with Gasteiger partial charge in [-0.05, 0) is 24.6 Å². The van der Waals surface area contributed by atoms with Crippen LogP contribution in [-0.2, 0) is 14.6 Å². The molecule has 0 bridgehead atoms. The molecular weight excluding hydrogens is 288 g/mol. The van der Waals surface area contributed by atoms with Crippen molar-refractivity contribution < 1.29 is 13.2 Å². The Kier molecular flexibility index (Phi) is 7.04. The molecule has 0 aromatic heterocycles. The van der Waals surface area contributed by atoms with Crippen molar-refractivity contribution in [3.8, 4) is 0 Å². The minimum Gasteiger partial charge on any atom is -0.350 e. The van der Waals surface area contributed by atoms with Crippen molar-refractivity contribution in [1.82, 2.24) is 5.32 Å². The van der Waals surface area contributed by atoms with E-state index in [1.807, 2.05) is 6.92 Å². The summed E-state index contributed by atoms with van der Waals surface area (Å²) in [7, 11) is -3.18. The number of rotatable bonds is 5. The number of hydrogen-bond acceptors (Lipinski definition) is 4. The molecule has 7 heteroatoms. The Morgan fingerprint density at radius 2 is 1.84 bits per heavy atom. The highest BCUT2D eigenvalue weighted by molar-refractivity contribution is 7.90.